The van der Waals surface area contributed by atoms with Crippen molar-refractivity contribution < 1.29 is 9.53 Å². The van der Waals surface area contributed by atoms with Crippen LogP contribution in [0, 0.1) is 3.57 Å². The lowest BCUT2D eigenvalue weighted by Crippen LogP contribution is -2.50. The van der Waals surface area contributed by atoms with Crippen LogP contribution in [0.25, 0.3) is 0 Å². The van der Waals surface area contributed by atoms with Crippen LogP contribution in [0.4, 0.5) is 16.2 Å². The number of anilines is 2. The molecule has 1 fully saturated rings. The van der Waals surface area contributed by atoms with Gasteiger partial charge in [-0.2, -0.15) is 0 Å². The summed E-state index contributed by atoms with van der Waals surface area (Å²) in [6.07, 6.45) is 0. The number of methoxy groups -OCH3 is 1. The molecule has 1 saturated heterocycles. The summed E-state index contributed by atoms with van der Waals surface area (Å²) in [7, 11) is 1.67. The van der Waals surface area contributed by atoms with Gasteiger partial charge in [-0.3, -0.25) is 0 Å². The van der Waals surface area contributed by atoms with Crippen molar-refractivity contribution >= 4 is 40.0 Å². The third kappa shape index (κ3) is 4.11. The number of amides is 2. The maximum absolute atomic E-state index is 12.4. The smallest absolute Gasteiger partial charge is 0.321 e. The molecule has 126 valence electrons. The molecule has 24 heavy (non-hydrogen) atoms. The van der Waals surface area contributed by atoms with E-state index in [1.54, 1.807) is 7.11 Å². The van der Waals surface area contributed by atoms with E-state index in [2.05, 4.69) is 44.9 Å². The summed E-state index contributed by atoms with van der Waals surface area (Å²) >= 11 is 2.24. The zero-order valence-corrected chi connectivity index (χ0v) is 15.7. The van der Waals surface area contributed by atoms with E-state index in [0.717, 1.165) is 33.8 Å². The Labute approximate surface area is 155 Å². The summed E-state index contributed by atoms with van der Waals surface area (Å²) in [6.45, 7) is 3.07. The highest BCUT2D eigenvalue weighted by molar-refractivity contribution is 14.1. The number of urea groups is 1. The zero-order valence-electron chi connectivity index (χ0n) is 13.5. The minimum atomic E-state index is -0.0358. The molecule has 1 aliphatic heterocycles. The highest BCUT2D eigenvalue weighted by Gasteiger charge is 2.21. The van der Waals surface area contributed by atoms with Crippen molar-refractivity contribution in [3.05, 3.63) is 52.1 Å². The Morgan fingerprint density at radius 3 is 2.42 bits per heavy atom. The molecule has 0 bridgehead atoms. The van der Waals surface area contributed by atoms with Crippen LogP contribution in [-0.4, -0.2) is 44.2 Å². The topological polar surface area (TPSA) is 44.8 Å². The van der Waals surface area contributed by atoms with Crippen LogP contribution in [0.5, 0.6) is 5.75 Å². The largest absolute Gasteiger partial charge is 0.497 e. The van der Waals surface area contributed by atoms with Gasteiger partial charge >= 0.3 is 6.03 Å². The third-order valence-electron chi connectivity index (χ3n) is 4.08. The number of nitrogens with zero attached hydrogens (tertiary/aromatic N) is 2. The van der Waals surface area contributed by atoms with Gasteiger partial charge in [-0.15, -0.1) is 0 Å². The van der Waals surface area contributed by atoms with Gasteiger partial charge in [0.05, 0.1) is 7.11 Å². The quantitative estimate of drug-likeness (QED) is 0.746. The summed E-state index contributed by atoms with van der Waals surface area (Å²) in [5.74, 6) is 0.856. The van der Waals surface area contributed by atoms with E-state index in [4.69, 9.17) is 4.74 Å². The van der Waals surface area contributed by atoms with Gasteiger partial charge in [0.2, 0.25) is 0 Å². The van der Waals surface area contributed by atoms with Gasteiger partial charge in [0, 0.05) is 41.1 Å². The number of halogens is 1. The van der Waals surface area contributed by atoms with Crippen molar-refractivity contribution in [2.45, 2.75) is 0 Å². The first-order chi connectivity index (χ1) is 11.7. The fraction of sp³-hybridized carbons (Fsp3) is 0.278. The Morgan fingerprint density at radius 2 is 1.79 bits per heavy atom. The Balaban J connectivity index is 1.55. The molecule has 0 aliphatic carbocycles. The number of hydrogen-bond acceptors (Lipinski definition) is 3. The Hall–Kier alpha value is -1.96. The first-order valence-electron chi connectivity index (χ1n) is 7.86. The van der Waals surface area contributed by atoms with Gasteiger partial charge in [-0.05, 0) is 65.1 Å². The number of carbonyl (C=O) groups excluding carboxylic acids is 1. The van der Waals surface area contributed by atoms with Crippen molar-refractivity contribution in [1.82, 2.24) is 4.90 Å². The molecule has 1 heterocycles. The first-order valence-corrected chi connectivity index (χ1v) is 8.94. The Morgan fingerprint density at radius 1 is 1.08 bits per heavy atom. The van der Waals surface area contributed by atoms with Gasteiger partial charge in [-0.1, -0.05) is 6.07 Å². The molecule has 0 unspecified atom stereocenters. The van der Waals surface area contributed by atoms with Gasteiger partial charge in [0.15, 0.2) is 0 Å². The molecule has 1 N–H and O–H groups in total. The molecular formula is C18H20IN3O2. The molecule has 2 amide bonds. The second-order valence-corrected chi connectivity index (χ2v) is 6.86. The minimum absolute atomic E-state index is 0.0358. The molecule has 0 radical (unpaired) electrons. The maximum atomic E-state index is 12.4. The summed E-state index contributed by atoms with van der Waals surface area (Å²) < 4.78 is 6.30. The van der Waals surface area contributed by atoms with Crippen LogP contribution in [0.3, 0.4) is 0 Å². The second-order valence-electron chi connectivity index (χ2n) is 5.61. The fourth-order valence-corrected chi connectivity index (χ4v) is 3.27. The number of carbonyl (C=O) groups is 1. The Bertz CT molecular complexity index is 698. The molecule has 0 spiro atoms. The number of rotatable bonds is 3. The van der Waals surface area contributed by atoms with Crippen LogP contribution >= 0.6 is 22.6 Å². The molecule has 2 aromatic rings. The van der Waals surface area contributed by atoms with Crippen molar-refractivity contribution in [1.29, 1.82) is 0 Å². The molecule has 2 aromatic carbocycles. The highest BCUT2D eigenvalue weighted by Crippen LogP contribution is 2.21. The maximum Gasteiger partial charge on any atom is 0.321 e. The lowest BCUT2D eigenvalue weighted by atomic mass is 10.2. The van der Waals surface area contributed by atoms with Crippen molar-refractivity contribution in [3.63, 3.8) is 0 Å². The second kappa shape index (κ2) is 7.74. The van der Waals surface area contributed by atoms with Crippen molar-refractivity contribution in [2.75, 3.05) is 43.5 Å². The monoisotopic (exact) mass is 437 g/mol. The van der Waals surface area contributed by atoms with Crippen LogP contribution in [0.1, 0.15) is 0 Å². The van der Waals surface area contributed by atoms with Gasteiger partial charge in [-0.25, -0.2) is 4.79 Å². The van der Waals surface area contributed by atoms with Crippen LogP contribution in [0.2, 0.25) is 0 Å². The normalized spacial score (nSPS) is 14.4. The standard InChI is InChI=1S/C18H20IN3O2/c1-24-17-7-5-16(6-8-17)21-9-11-22(12-10-21)18(23)20-15-4-2-3-14(19)13-15/h2-8,13H,9-12H2,1H3,(H,20,23). The molecule has 0 aromatic heterocycles. The lowest BCUT2D eigenvalue weighted by Gasteiger charge is -2.36. The van der Waals surface area contributed by atoms with E-state index in [1.165, 1.54) is 0 Å². The number of nitrogens with one attached hydrogen (secondary N) is 1. The SMILES string of the molecule is COc1ccc(N2CCN(C(=O)Nc3cccc(I)c3)CC2)cc1. The molecule has 5 nitrogen and oxygen atoms in total. The van der Waals surface area contributed by atoms with Crippen LogP contribution < -0.4 is 15.0 Å². The lowest BCUT2D eigenvalue weighted by molar-refractivity contribution is 0.208. The van der Waals surface area contributed by atoms with E-state index >= 15 is 0 Å². The van der Waals surface area contributed by atoms with Gasteiger partial charge in [0.25, 0.3) is 0 Å². The first kappa shape index (κ1) is 16.9. The summed E-state index contributed by atoms with van der Waals surface area (Å²) in [5.41, 5.74) is 2.00. The molecule has 3 rings (SSSR count). The van der Waals surface area contributed by atoms with Crippen LogP contribution in [-0.2, 0) is 0 Å². The van der Waals surface area contributed by atoms with E-state index in [9.17, 15) is 4.79 Å². The molecule has 0 atom stereocenters. The summed E-state index contributed by atoms with van der Waals surface area (Å²) in [5, 5.41) is 2.97. The average molecular weight is 437 g/mol. The molecule has 1 aliphatic rings. The number of benzene rings is 2. The van der Waals surface area contributed by atoms with Crippen molar-refractivity contribution in [2.24, 2.45) is 0 Å². The molecule has 0 saturated carbocycles. The van der Waals surface area contributed by atoms with E-state index in [-0.39, 0.29) is 6.03 Å². The van der Waals surface area contributed by atoms with Gasteiger partial charge in [0.1, 0.15) is 5.75 Å². The zero-order chi connectivity index (χ0) is 16.9. The summed E-state index contributed by atoms with van der Waals surface area (Å²) in [6, 6.07) is 15.8. The number of ether oxygens (including phenoxy) is 1. The average Bonchev–Trinajstić information content (AvgIpc) is 2.62. The van der Waals surface area contributed by atoms with Gasteiger partial charge < -0.3 is 19.9 Å². The minimum Gasteiger partial charge on any atom is -0.497 e. The van der Waals surface area contributed by atoms with E-state index in [0.29, 0.717) is 13.1 Å². The van der Waals surface area contributed by atoms with Crippen molar-refractivity contribution in [3.8, 4) is 5.75 Å². The Kier molecular flexibility index (Phi) is 5.44. The predicted molar refractivity (Wildman–Crippen MR) is 105 cm³/mol. The highest BCUT2D eigenvalue weighted by atomic mass is 127. The number of hydrogen-bond donors (Lipinski definition) is 1. The molecular weight excluding hydrogens is 417 g/mol. The predicted octanol–water partition coefficient (Wildman–Crippen LogP) is 3.65. The molecule has 6 heteroatoms. The third-order valence-corrected chi connectivity index (χ3v) is 4.75. The number of piperazine rings is 1. The van der Waals surface area contributed by atoms with E-state index < -0.39 is 0 Å². The fourth-order valence-electron chi connectivity index (χ4n) is 2.73. The summed E-state index contributed by atoms with van der Waals surface area (Å²) in [4.78, 5) is 16.5. The van der Waals surface area contributed by atoms with E-state index in [1.807, 2.05) is 41.3 Å². The van der Waals surface area contributed by atoms with Crippen LogP contribution in [0.15, 0.2) is 48.5 Å².